The molecule has 4 rings (SSSR count). The van der Waals surface area contributed by atoms with Crippen LogP contribution in [-0.4, -0.2) is 22.3 Å². The van der Waals surface area contributed by atoms with Crippen molar-refractivity contribution in [2.24, 2.45) is 13.0 Å². The molecule has 23 heavy (non-hydrogen) atoms. The number of furan rings is 1. The molecular formula is C17H21N3O3. The molecule has 1 aliphatic carbocycles. The van der Waals surface area contributed by atoms with Crippen LogP contribution >= 0.6 is 0 Å². The molecule has 3 atom stereocenters. The minimum Gasteiger partial charge on any atom is -0.469 e. The Morgan fingerprint density at radius 2 is 2.35 bits per heavy atom. The molecule has 122 valence electrons. The fourth-order valence-corrected chi connectivity index (χ4v) is 3.69. The number of ether oxygens (including phenoxy) is 1. The molecular weight excluding hydrogens is 294 g/mol. The second-order valence-corrected chi connectivity index (χ2v) is 6.39. The van der Waals surface area contributed by atoms with Crippen molar-refractivity contribution in [3.05, 3.63) is 41.6 Å². The van der Waals surface area contributed by atoms with Crippen molar-refractivity contribution < 1.29 is 13.9 Å². The van der Waals surface area contributed by atoms with E-state index in [9.17, 15) is 4.79 Å². The quantitative estimate of drug-likeness (QED) is 0.943. The number of hydrogen-bond donors (Lipinski definition) is 1. The van der Waals surface area contributed by atoms with E-state index in [0.717, 1.165) is 42.6 Å². The Labute approximate surface area is 134 Å². The summed E-state index contributed by atoms with van der Waals surface area (Å²) in [5.74, 6) is 0.917. The van der Waals surface area contributed by atoms with Crippen LogP contribution in [0.1, 0.15) is 48.3 Å². The van der Waals surface area contributed by atoms with Crippen LogP contribution in [-0.2, 0) is 23.0 Å². The van der Waals surface area contributed by atoms with Gasteiger partial charge in [-0.05, 0) is 25.3 Å². The molecule has 1 N–H and O–H groups in total. The van der Waals surface area contributed by atoms with Gasteiger partial charge in [-0.1, -0.05) is 0 Å². The lowest BCUT2D eigenvalue weighted by Gasteiger charge is -2.25. The van der Waals surface area contributed by atoms with Crippen molar-refractivity contribution in [2.75, 3.05) is 6.61 Å². The fourth-order valence-electron chi connectivity index (χ4n) is 3.69. The first kappa shape index (κ1) is 14.5. The van der Waals surface area contributed by atoms with Gasteiger partial charge in [-0.25, -0.2) is 0 Å². The van der Waals surface area contributed by atoms with Gasteiger partial charge in [-0.15, -0.1) is 0 Å². The second-order valence-electron chi connectivity index (χ2n) is 6.39. The molecule has 1 saturated heterocycles. The van der Waals surface area contributed by atoms with Gasteiger partial charge in [0.05, 0.1) is 30.5 Å². The molecule has 0 radical (unpaired) electrons. The highest BCUT2D eigenvalue weighted by Gasteiger charge is 2.37. The van der Waals surface area contributed by atoms with Crippen molar-refractivity contribution >= 4 is 5.91 Å². The smallest absolute Gasteiger partial charge is 0.226 e. The molecule has 6 heteroatoms. The number of amides is 1. The zero-order chi connectivity index (χ0) is 15.8. The highest BCUT2D eigenvalue weighted by atomic mass is 16.5. The summed E-state index contributed by atoms with van der Waals surface area (Å²) in [6.07, 6.45) is 8.93. The lowest BCUT2D eigenvalue weighted by atomic mass is 9.91. The van der Waals surface area contributed by atoms with Crippen LogP contribution in [0.25, 0.3) is 0 Å². The van der Waals surface area contributed by atoms with Crippen LogP contribution in [0.3, 0.4) is 0 Å². The number of hydrogen-bond acceptors (Lipinski definition) is 4. The summed E-state index contributed by atoms with van der Waals surface area (Å²) in [5, 5.41) is 7.39. The molecule has 2 aromatic heterocycles. The topological polar surface area (TPSA) is 69.3 Å². The normalized spacial score (nSPS) is 26.9. The maximum atomic E-state index is 12.8. The molecule has 1 amide bonds. The summed E-state index contributed by atoms with van der Waals surface area (Å²) in [7, 11) is 1.87. The highest BCUT2D eigenvalue weighted by molar-refractivity contribution is 5.80. The third-order valence-electron chi connectivity index (χ3n) is 4.85. The van der Waals surface area contributed by atoms with Crippen molar-refractivity contribution in [1.29, 1.82) is 0 Å². The zero-order valence-electron chi connectivity index (χ0n) is 13.2. The van der Waals surface area contributed by atoms with E-state index in [4.69, 9.17) is 9.15 Å². The summed E-state index contributed by atoms with van der Waals surface area (Å²) in [6.45, 7) is 0.610. The van der Waals surface area contributed by atoms with E-state index >= 15 is 0 Å². The molecule has 2 aromatic rings. The highest BCUT2D eigenvalue weighted by Crippen LogP contribution is 2.36. The van der Waals surface area contributed by atoms with Gasteiger partial charge in [-0.3, -0.25) is 9.48 Å². The minimum atomic E-state index is -0.198. The second kappa shape index (κ2) is 5.85. The molecule has 0 spiro atoms. The van der Waals surface area contributed by atoms with Gasteiger partial charge >= 0.3 is 0 Å². The van der Waals surface area contributed by atoms with Gasteiger partial charge in [0, 0.05) is 37.4 Å². The average Bonchev–Trinajstić information content (AvgIpc) is 3.26. The van der Waals surface area contributed by atoms with Gasteiger partial charge < -0.3 is 14.5 Å². The number of aromatic nitrogens is 2. The van der Waals surface area contributed by atoms with Crippen molar-refractivity contribution in [2.45, 2.75) is 37.8 Å². The monoisotopic (exact) mass is 315 g/mol. The van der Waals surface area contributed by atoms with E-state index in [1.54, 1.807) is 17.1 Å². The van der Waals surface area contributed by atoms with Crippen LogP contribution < -0.4 is 5.32 Å². The molecule has 3 heterocycles. The molecule has 0 bridgehead atoms. The third kappa shape index (κ3) is 2.67. The molecule has 0 aromatic carbocycles. The molecule has 6 nitrogen and oxygen atoms in total. The Bertz CT molecular complexity index is 706. The Balaban J connectivity index is 1.49. The number of carbonyl (C=O) groups is 1. The summed E-state index contributed by atoms with van der Waals surface area (Å²) in [6, 6.07) is 2.03. The first-order valence-electron chi connectivity index (χ1n) is 8.19. The number of nitrogens with one attached hydrogen (secondary N) is 1. The van der Waals surface area contributed by atoms with E-state index in [-0.39, 0.29) is 24.0 Å². The summed E-state index contributed by atoms with van der Waals surface area (Å²) < 4.78 is 13.0. The number of rotatable bonds is 3. The van der Waals surface area contributed by atoms with Crippen LogP contribution in [0.4, 0.5) is 0 Å². The SMILES string of the molecule is Cn1cc([C@H]2OCC[C@@H]2C(=O)N[C@@H]2CCCc3occc32)cn1. The maximum absolute atomic E-state index is 12.8. The van der Waals surface area contributed by atoms with E-state index in [0.29, 0.717) is 6.61 Å². The van der Waals surface area contributed by atoms with E-state index in [1.807, 2.05) is 19.3 Å². The average molecular weight is 315 g/mol. The lowest BCUT2D eigenvalue weighted by Crippen LogP contribution is -2.36. The first-order chi connectivity index (χ1) is 11.2. The van der Waals surface area contributed by atoms with Crippen LogP contribution in [0.15, 0.2) is 29.1 Å². The minimum absolute atomic E-state index is 0.0557. The van der Waals surface area contributed by atoms with E-state index in [1.165, 1.54) is 0 Å². The van der Waals surface area contributed by atoms with Crippen molar-refractivity contribution in [3.8, 4) is 0 Å². The first-order valence-corrected chi connectivity index (χ1v) is 8.19. The molecule has 1 fully saturated rings. The Morgan fingerprint density at radius 3 is 3.17 bits per heavy atom. The number of carbonyl (C=O) groups excluding carboxylic acids is 1. The maximum Gasteiger partial charge on any atom is 0.226 e. The Hall–Kier alpha value is -2.08. The van der Waals surface area contributed by atoms with Gasteiger partial charge in [0.2, 0.25) is 5.91 Å². The largest absolute Gasteiger partial charge is 0.469 e. The Kier molecular flexibility index (Phi) is 3.69. The van der Waals surface area contributed by atoms with Gasteiger partial charge in [0.1, 0.15) is 5.76 Å². The standard InChI is InChI=1S/C17H21N3O3/c1-20-10-11(9-18-20)16-13(6-8-23-16)17(21)19-14-3-2-4-15-12(14)5-7-22-15/h5,7,9-10,13-14,16H,2-4,6,8H2,1H3,(H,19,21)/t13-,14+,16+/m0/s1. The van der Waals surface area contributed by atoms with E-state index < -0.39 is 0 Å². The fraction of sp³-hybridized carbons (Fsp3) is 0.529. The number of fused-ring (bicyclic) bond motifs is 1. The predicted molar refractivity (Wildman–Crippen MR) is 82.5 cm³/mol. The molecule has 0 saturated carbocycles. The number of aryl methyl sites for hydroxylation is 2. The van der Waals surface area contributed by atoms with Crippen LogP contribution in [0, 0.1) is 5.92 Å². The van der Waals surface area contributed by atoms with Gasteiger partial charge in [0.15, 0.2) is 0 Å². The Morgan fingerprint density at radius 1 is 1.43 bits per heavy atom. The number of nitrogens with zero attached hydrogens (tertiary/aromatic N) is 2. The lowest BCUT2D eigenvalue weighted by molar-refractivity contribution is -0.127. The van der Waals surface area contributed by atoms with E-state index in [2.05, 4.69) is 10.4 Å². The van der Waals surface area contributed by atoms with Crippen molar-refractivity contribution in [1.82, 2.24) is 15.1 Å². The molecule has 1 aliphatic heterocycles. The van der Waals surface area contributed by atoms with Crippen LogP contribution in [0.5, 0.6) is 0 Å². The molecule has 2 aliphatic rings. The summed E-state index contributed by atoms with van der Waals surface area (Å²) >= 11 is 0. The predicted octanol–water partition coefficient (Wildman–Crippen LogP) is 2.28. The van der Waals surface area contributed by atoms with Crippen molar-refractivity contribution in [3.63, 3.8) is 0 Å². The third-order valence-corrected chi connectivity index (χ3v) is 4.85. The molecule has 0 unspecified atom stereocenters. The van der Waals surface area contributed by atoms with Gasteiger partial charge in [-0.2, -0.15) is 5.10 Å². The van der Waals surface area contributed by atoms with Crippen LogP contribution in [0.2, 0.25) is 0 Å². The summed E-state index contributed by atoms with van der Waals surface area (Å²) in [5.41, 5.74) is 2.10. The zero-order valence-corrected chi connectivity index (χ0v) is 13.2. The summed E-state index contributed by atoms with van der Waals surface area (Å²) in [4.78, 5) is 12.8. The van der Waals surface area contributed by atoms with Gasteiger partial charge in [0.25, 0.3) is 0 Å².